The fourth-order valence-electron chi connectivity index (χ4n) is 6.23. The maximum atomic E-state index is 13.2. The van der Waals surface area contributed by atoms with E-state index in [9.17, 15) is 18.0 Å². The third kappa shape index (κ3) is 5.69. The molecule has 3 aromatic carbocycles. The molecule has 1 amide bonds. The Balaban J connectivity index is 0.000000460. The lowest BCUT2D eigenvalue weighted by atomic mass is 9.91. The van der Waals surface area contributed by atoms with Crippen LogP contribution in [0.3, 0.4) is 0 Å². The summed E-state index contributed by atoms with van der Waals surface area (Å²) in [5.74, 6) is -1.38. The van der Waals surface area contributed by atoms with Gasteiger partial charge in [-0.1, -0.05) is 30.3 Å². The van der Waals surface area contributed by atoms with E-state index in [1.807, 2.05) is 12.1 Å². The number of alkyl halides is 3. The van der Waals surface area contributed by atoms with Gasteiger partial charge in [0.05, 0.1) is 44.1 Å². The monoisotopic (exact) mass is 624 g/mol. The van der Waals surface area contributed by atoms with Crippen molar-refractivity contribution in [3.63, 3.8) is 0 Å². The van der Waals surface area contributed by atoms with E-state index in [4.69, 9.17) is 24.1 Å². The number of nitrogens with one attached hydrogen (secondary N) is 2. The zero-order chi connectivity index (χ0) is 31.9. The number of carboxylic acid groups (broad SMARTS) is 1. The standard InChI is InChI=1S/C30H30N4O4.C2HF3O2/c1-36-26-14-22-25(15-27(26)37-2)31-29(35)30(22)16-23(30)19-6-7-21-24(13-19)32-33-28(21)20-5-3-4-18(12-20)17-34-8-10-38-11-9-34;3-2(4,5)1(6)7/h3-7,12-15,23H,8-11,16-17H2,1-2H3,(H,31,35)(H,32,33);(H,6,7)/t23-,30-;/m0./s1. The molecule has 3 aliphatic rings. The number of benzene rings is 3. The number of H-pyrrole nitrogens is 1. The van der Waals surface area contributed by atoms with Crippen LogP contribution >= 0.6 is 0 Å². The second-order valence-electron chi connectivity index (χ2n) is 11.2. The number of carbonyl (C=O) groups excluding carboxylic acids is 1. The molecule has 45 heavy (non-hydrogen) atoms. The molecule has 1 aliphatic carbocycles. The van der Waals surface area contributed by atoms with Gasteiger partial charge in [0.2, 0.25) is 5.91 Å². The minimum Gasteiger partial charge on any atom is -0.493 e. The van der Waals surface area contributed by atoms with Crippen LogP contribution in [0.5, 0.6) is 11.5 Å². The molecule has 236 valence electrons. The van der Waals surface area contributed by atoms with Crippen LogP contribution in [-0.2, 0) is 26.3 Å². The molecular weight excluding hydrogens is 593 g/mol. The van der Waals surface area contributed by atoms with E-state index in [0.717, 1.165) is 78.2 Å². The van der Waals surface area contributed by atoms with Gasteiger partial charge in [-0.25, -0.2) is 4.79 Å². The molecule has 2 fully saturated rings. The smallest absolute Gasteiger partial charge is 0.490 e. The quantitative estimate of drug-likeness (QED) is 0.271. The predicted molar refractivity (Wildman–Crippen MR) is 159 cm³/mol. The number of aliphatic carboxylic acids is 1. The largest absolute Gasteiger partial charge is 0.493 e. The highest BCUT2D eigenvalue weighted by Crippen LogP contribution is 2.66. The summed E-state index contributed by atoms with van der Waals surface area (Å²) >= 11 is 0. The van der Waals surface area contributed by atoms with E-state index >= 15 is 0 Å². The van der Waals surface area contributed by atoms with Crippen molar-refractivity contribution in [3.8, 4) is 22.8 Å². The first kappa shape index (κ1) is 30.4. The molecular formula is C32H31F3N4O6. The average Bonchev–Trinajstić information content (AvgIpc) is 3.55. The van der Waals surface area contributed by atoms with Crippen LogP contribution in [0.25, 0.3) is 22.2 Å². The third-order valence-electron chi connectivity index (χ3n) is 8.56. The van der Waals surface area contributed by atoms with Crippen LogP contribution < -0.4 is 14.8 Å². The molecule has 1 saturated carbocycles. The summed E-state index contributed by atoms with van der Waals surface area (Å²) in [6, 6.07) is 18.9. The third-order valence-corrected chi connectivity index (χ3v) is 8.56. The molecule has 4 aromatic rings. The highest BCUT2D eigenvalue weighted by atomic mass is 19.4. The van der Waals surface area contributed by atoms with Crippen LogP contribution in [0.1, 0.15) is 29.0 Å². The molecule has 1 aromatic heterocycles. The lowest BCUT2D eigenvalue weighted by molar-refractivity contribution is -0.192. The number of nitrogens with zero attached hydrogens (tertiary/aromatic N) is 2. The van der Waals surface area contributed by atoms with Crippen molar-refractivity contribution in [2.24, 2.45) is 0 Å². The van der Waals surface area contributed by atoms with Gasteiger partial charge in [0.15, 0.2) is 11.5 Å². The number of morpholine rings is 1. The van der Waals surface area contributed by atoms with Crippen LogP contribution in [0.4, 0.5) is 18.9 Å². The molecule has 1 saturated heterocycles. The molecule has 3 N–H and O–H groups in total. The van der Waals surface area contributed by atoms with Gasteiger partial charge in [-0.15, -0.1) is 0 Å². The van der Waals surface area contributed by atoms with Gasteiger partial charge < -0.3 is 24.6 Å². The van der Waals surface area contributed by atoms with Crippen LogP contribution in [0, 0.1) is 0 Å². The van der Waals surface area contributed by atoms with E-state index in [2.05, 4.69) is 62.9 Å². The number of halogens is 3. The minimum absolute atomic E-state index is 0.0373. The number of aromatic nitrogens is 2. The fraction of sp³-hybridized carbons (Fsp3) is 0.344. The first-order valence-electron chi connectivity index (χ1n) is 14.3. The normalized spacial score (nSPS) is 20.7. The Morgan fingerprint density at radius 1 is 1.09 bits per heavy atom. The van der Waals surface area contributed by atoms with Gasteiger partial charge in [0, 0.05) is 48.3 Å². The molecule has 0 bridgehead atoms. The van der Waals surface area contributed by atoms with Gasteiger partial charge in [-0.2, -0.15) is 18.3 Å². The molecule has 3 heterocycles. The number of ether oxygens (including phenoxy) is 3. The molecule has 2 aliphatic heterocycles. The van der Waals surface area contributed by atoms with E-state index in [0.29, 0.717) is 11.5 Å². The molecule has 0 radical (unpaired) electrons. The Bertz CT molecular complexity index is 1770. The van der Waals surface area contributed by atoms with Crippen molar-refractivity contribution < 1.29 is 42.1 Å². The van der Waals surface area contributed by atoms with Gasteiger partial charge in [0.25, 0.3) is 0 Å². The molecule has 13 heteroatoms. The number of methoxy groups -OCH3 is 2. The van der Waals surface area contributed by atoms with E-state index in [1.165, 1.54) is 5.56 Å². The summed E-state index contributed by atoms with van der Waals surface area (Å²) in [5, 5.41) is 19.2. The van der Waals surface area contributed by atoms with E-state index < -0.39 is 17.6 Å². The zero-order valence-electron chi connectivity index (χ0n) is 24.5. The number of aromatic amines is 1. The Morgan fingerprint density at radius 3 is 2.49 bits per heavy atom. The van der Waals surface area contributed by atoms with E-state index in [-0.39, 0.29) is 11.8 Å². The SMILES string of the molecule is COc1cc2c(cc1OC)[C@]1(C[C@H]1c1ccc3c(-c4cccc(CN5CCOCC5)c4)n[nH]c3c1)C(=O)N2.O=C(O)C(F)(F)F. The molecule has 2 atom stereocenters. The first-order chi connectivity index (χ1) is 21.5. The van der Waals surface area contributed by atoms with Crippen molar-refractivity contribution >= 4 is 28.5 Å². The number of anilines is 1. The van der Waals surface area contributed by atoms with Crippen molar-refractivity contribution in [1.82, 2.24) is 15.1 Å². The summed E-state index contributed by atoms with van der Waals surface area (Å²) < 4.78 is 48.2. The number of carboxylic acids is 1. The number of carbonyl (C=O) groups is 2. The van der Waals surface area contributed by atoms with Crippen molar-refractivity contribution in [2.75, 3.05) is 45.8 Å². The van der Waals surface area contributed by atoms with Crippen LogP contribution in [0.2, 0.25) is 0 Å². The molecule has 10 nitrogen and oxygen atoms in total. The second kappa shape index (κ2) is 11.7. The molecule has 0 unspecified atom stereocenters. The predicted octanol–water partition coefficient (Wildman–Crippen LogP) is 5.09. The summed E-state index contributed by atoms with van der Waals surface area (Å²) in [5.41, 5.74) is 6.64. The van der Waals surface area contributed by atoms with Crippen molar-refractivity contribution in [2.45, 2.75) is 30.5 Å². The summed E-state index contributed by atoms with van der Waals surface area (Å²) in [4.78, 5) is 24.5. The number of hydrogen-bond acceptors (Lipinski definition) is 7. The summed E-state index contributed by atoms with van der Waals surface area (Å²) in [7, 11) is 3.22. The lowest BCUT2D eigenvalue weighted by Crippen LogP contribution is -2.35. The maximum absolute atomic E-state index is 13.2. The highest BCUT2D eigenvalue weighted by Gasteiger charge is 2.65. The van der Waals surface area contributed by atoms with Gasteiger partial charge >= 0.3 is 12.1 Å². The Hall–Kier alpha value is -4.62. The summed E-state index contributed by atoms with van der Waals surface area (Å²) in [6.45, 7) is 4.42. The molecule has 1 spiro atoms. The highest BCUT2D eigenvalue weighted by molar-refractivity contribution is 6.10. The lowest BCUT2D eigenvalue weighted by Gasteiger charge is -2.26. The number of rotatable bonds is 6. The van der Waals surface area contributed by atoms with Crippen molar-refractivity contribution in [1.29, 1.82) is 0 Å². The van der Waals surface area contributed by atoms with Gasteiger partial charge in [-0.05, 0) is 41.3 Å². The Labute approximate surface area is 256 Å². The number of amides is 1. The van der Waals surface area contributed by atoms with Gasteiger partial charge in [-0.3, -0.25) is 14.8 Å². The number of hydrogen-bond donors (Lipinski definition) is 3. The fourth-order valence-corrected chi connectivity index (χ4v) is 6.23. The minimum atomic E-state index is -5.08. The zero-order valence-corrected chi connectivity index (χ0v) is 24.5. The van der Waals surface area contributed by atoms with Crippen LogP contribution in [0.15, 0.2) is 54.6 Å². The van der Waals surface area contributed by atoms with Crippen molar-refractivity contribution in [3.05, 3.63) is 71.3 Å². The van der Waals surface area contributed by atoms with Gasteiger partial charge in [0.1, 0.15) is 0 Å². The van der Waals surface area contributed by atoms with Crippen LogP contribution in [-0.4, -0.2) is 78.8 Å². The first-order valence-corrected chi connectivity index (χ1v) is 14.3. The number of fused-ring (bicyclic) bond motifs is 3. The topological polar surface area (TPSA) is 126 Å². The molecule has 7 rings (SSSR count). The Kier molecular flexibility index (Phi) is 7.91. The maximum Gasteiger partial charge on any atom is 0.490 e. The Morgan fingerprint density at radius 2 is 1.80 bits per heavy atom. The average molecular weight is 625 g/mol. The van der Waals surface area contributed by atoms with E-state index in [1.54, 1.807) is 14.2 Å². The summed E-state index contributed by atoms with van der Waals surface area (Å²) in [6.07, 6.45) is -4.32. The second-order valence-corrected chi connectivity index (χ2v) is 11.2.